The fourth-order valence-corrected chi connectivity index (χ4v) is 0.598. The van der Waals surface area contributed by atoms with Gasteiger partial charge < -0.3 is 20.5 Å². The number of carbonyl (C=O) groups is 1. The van der Waals surface area contributed by atoms with Crippen LogP contribution in [0, 0.1) is 5.92 Å². The fourth-order valence-electron chi connectivity index (χ4n) is 0.598. The average molecular weight is 244 g/mol. The summed E-state index contributed by atoms with van der Waals surface area (Å²) in [6.07, 6.45) is -4.69. The van der Waals surface area contributed by atoms with Gasteiger partial charge in [0.2, 0.25) is 0 Å². The lowest BCUT2D eigenvalue weighted by Crippen LogP contribution is -2.27. The predicted molar refractivity (Wildman–Crippen MR) is 50.2 cm³/mol. The molecule has 0 aliphatic heterocycles. The monoisotopic (exact) mass is 244 g/mol. The van der Waals surface area contributed by atoms with E-state index in [-0.39, 0.29) is 6.23 Å². The molecule has 0 saturated heterocycles. The molecule has 4 N–H and O–H groups in total. The summed E-state index contributed by atoms with van der Waals surface area (Å²) in [6, 6.07) is 0. The van der Waals surface area contributed by atoms with Crippen LogP contribution in [0.5, 0.6) is 0 Å². The van der Waals surface area contributed by atoms with Gasteiger partial charge in [0.25, 0.3) is 0 Å². The lowest BCUT2D eigenvalue weighted by Gasteiger charge is -2.12. The van der Waals surface area contributed by atoms with Crippen LogP contribution in [0.1, 0.15) is 20.3 Å². The van der Waals surface area contributed by atoms with Crippen LogP contribution in [0.3, 0.4) is 0 Å². The van der Waals surface area contributed by atoms with Gasteiger partial charge in [0.15, 0.2) is 0 Å². The first-order chi connectivity index (χ1) is 7.11. The van der Waals surface area contributed by atoms with Gasteiger partial charge in [-0.1, -0.05) is 13.8 Å². The smallest absolute Gasteiger partial charge is 0.475 e. The van der Waals surface area contributed by atoms with Crippen molar-refractivity contribution in [3.8, 4) is 0 Å². The van der Waals surface area contributed by atoms with Crippen molar-refractivity contribution in [1.82, 2.24) is 0 Å². The standard InChI is InChI=1S/C5H13BNO2.C2HF3O2/c1-4(2)3-5(7)9-6-8;3-2(4,5)1(6)7/h4-5,8H,3,7H2,1-2H3;(H,6,7)/t5-;/m1./s1. The summed E-state index contributed by atoms with van der Waals surface area (Å²) in [4.78, 5) is 8.90. The van der Waals surface area contributed by atoms with Gasteiger partial charge in [0, 0.05) is 0 Å². The van der Waals surface area contributed by atoms with Crippen molar-refractivity contribution in [1.29, 1.82) is 0 Å². The molecule has 0 saturated carbocycles. The zero-order valence-corrected chi connectivity index (χ0v) is 8.86. The zero-order valence-electron chi connectivity index (χ0n) is 8.86. The van der Waals surface area contributed by atoms with Gasteiger partial charge in [0.1, 0.15) is 0 Å². The highest BCUT2D eigenvalue weighted by molar-refractivity contribution is 6.15. The summed E-state index contributed by atoms with van der Waals surface area (Å²) in [5.41, 5.74) is 5.37. The molecule has 95 valence electrons. The van der Waals surface area contributed by atoms with E-state index in [1.165, 1.54) is 0 Å². The van der Waals surface area contributed by atoms with E-state index in [4.69, 9.17) is 20.7 Å². The van der Waals surface area contributed by atoms with Gasteiger partial charge in [-0.15, -0.1) is 0 Å². The largest absolute Gasteiger partial charge is 0.490 e. The molecule has 0 heterocycles. The van der Waals surface area contributed by atoms with Gasteiger partial charge in [-0.3, -0.25) is 0 Å². The number of nitrogens with two attached hydrogens (primary N) is 1. The molecule has 0 unspecified atom stereocenters. The Balaban J connectivity index is 0. The maximum absolute atomic E-state index is 10.6. The fraction of sp³-hybridized carbons (Fsp3) is 0.857. The molecule has 0 fully saturated rings. The molecule has 0 aromatic rings. The summed E-state index contributed by atoms with van der Waals surface area (Å²) >= 11 is 0. The molecule has 5 nitrogen and oxygen atoms in total. The molecule has 0 spiro atoms. The number of rotatable bonds is 4. The number of carboxylic acids is 1. The van der Waals surface area contributed by atoms with Crippen LogP contribution in [-0.4, -0.2) is 36.2 Å². The molecule has 1 radical (unpaired) electrons. The second kappa shape index (κ2) is 8.37. The Morgan fingerprint density at radius 1 is 1.50 bits per heavy atom. The Morgan fingerprint density at radius 2 is 1.88 bits per heavy atom. The Morgan fingerprint density at radius 3 is 2.06 bits per heavy atom. The minimum absolute atomic E-state index is 0.366. The van der Waals surface area contributed by atoms with Crippen LogP contribution in [0.2, 0.25) is 0 Å². The summed E-state index contributed by atoms with van der Waals surface area (Å²) in [5, 5.41) is 15.2. The molecule has 0 amide bonds. The van der Waals surface area contributed by atoms with Gasteiger partial charge in [-0.2, -0.15) is 13.2 Å². The highest BCUT2D eigenvalue weighted by atomic mass is 19.4. The van der Waals surface area contributed by atoms with E-state index >= 15 is 0 Å². The van der Waals surface area contributed by atoms with Crippen molar-refractivity contribution in [2.75, 3.05) is 0 Å². The Hall–Kier alpha value is -0.795. The molecule has 0 aromatic heterocycles. The number of hydrogen-bond acceptors (Lipinski definition) is 4. The van der Waals surface area contributed by atoms with Crippen LogP contribution in [-0.2, 0) is 9.45 Å². The second-order valence-corrected chi connectivity index (χ2v) is 3.21. The minimum atomic E-state index is -5.08. The summed E-state index contributed by atoms with van der Waals surface area (Å²) in [7, 11) is 0.632. The number of alkyl halides is 3. The number of aliphatic carboxylic acids is 1. The molecule has 0 bridgehead atoms. The third-order valence-corrected chi connectivity index (χ3v) is 1.18. The van der Waals surface area contributed by atoms with Crippen LogP contribution in [0.15, 0.2) is 0 Å². The van der Waals surface area contributed by atoms with Crippen LogP contribution in [0.25, 0.3) is 0 Å². The first-order valence-electron chi connectivity index (χ1n) is 4.28. The molecule has 0 aliphatic rings. The summed E-state index contributed by atoms with van der Waals surface area (Å²) < 4.78 is 36.3. The maximum Gasteiger partial charge on any atom is 0.490 e. The lowest BCUT2D eigenvalue weighted by atomic mass is 10.1. The molecule has 16 heavy (non-hydrogen) atoms. The van der Waals surface area contributed by atoms with Crippen molar-refractivity contribution in [2.45, 2.75) is 32.7 Å². The molecule has 0 aromatic carbocycles. The third kappa shape index (κ3) is 13.2. The van der Waals surface area contributed by atoms with E-state index in [2.05, 4.69) is 4.65 Å². The first kappa shape index (κ1) is 17.6. The van der Waals surface area contributed by atoms with Gasteiger partial charge in [-0.05, 0) is 12.3 Å². The van der Waals surface area contributed by atoms with Crippen molar-refractivity contribution >= 4 is 13.7 Å². The van der Waals surface area contributed by atoms with E-state index in [1.54, 1.807) is 0 Å². The van der Waals surface area contributed by atoms with Crippen LogP contribution >= 0.6 is 0 Å². The molecular weight excluding hydrogens is 230 g/mol. The van der Waals surface area contributed by atoms with E-state index in [9.17, 15) is 13.2 Å². The molecule has 0 aliphatic carbocycles. The Kier molecular flexibility index (Phi) is 9.20. The Bertz CT molecular complexity index is 201. The molecular formula is C7H14BF3NO4. The summed E-state index contributed by atoms with van der Waals surface area (Å²) in [6.45, 7) is 4.08. The molecule has 1 atom stereocenters. The normalized spacial score (nSPS) is 12.8. The predicted octanol–water partition coefficient (Wildman–Crippen LogP) is 0.494. The average Bonchev–Trinajstić information content (AvgIpc) is 2.01. The maximum atomic E-state index is 10.6. The van der Waals surface area contributed by atoms with E-state index in [0.29, 0.717) is 13.6 Å². The SMILES string of the molecule is CC(C)C[C@H](N)O[B]O.O=C(O)C(F)(F)F. The first-order valence-corrected chi connectivity index (χ1v) is 4.28. The van der Waals surface area contributed by atoms with E-state index < -0.39 is 12.1 Å². The van der Waals surface area contributed by atoms with E-state index in [1.807, 2.05) is 13.8 Å². The minimum Gasteiger partial charge on any atom is -0.475 e. The highest BCUT2D eigenvalue weighted by Gasteiger charge is 2.38. The van der Waals surface area contributed by atoms with Gasteiger partial charge >= 0.3 is 19.8 Å². The Labute approximate surface area is 91.7 Å². The highest BCUT2D eigenvalue weighted by Crippen LogP contribution is 2.13. The number of hydrogen-bond donors (Lipinski definition) is 3. The second-order valence-electron chi connectivity index (χ2n) is 3.21. The van der Waals surface area contributed by atoms with Crippen LogP contribution in [0.4, 0.5) is 13.2 Å². The van der Waals surface area contributed by atoms with Gasteiger partial charge in [0.05, 0.1) is 6.23 Å². The number of halogens is 3. The quantitative estimate of drug-likeness (QED) is 0.494. The topological polar surface area (TPSA) is 92.8 Å². The van der Waals surface area contributed by atoms with Crippen LogP contribution < -0.4 is 5.73 Å². The van der Waals surface area contributed by atoms with Crippen molar-refractivity contribution in [3.63, 3.8) is 0 Å². The van der Waals surface area contributed by atoms with Gasteiger partial charge in [-0.25, -0.2) is 4.79 Å². The zero-order chi connectivity index (χ0) is 13.4. The van der Waals surface area contributed by atoms with Crippen molar-refractivity contribution in [3.05, 3.63) is 0 Å². The third-order valence-electron chi connectivity index (χ3n) is 1.18. The van der Waals surface area contributed by atoms with E-state index in [0.717, 1.165) is 6.42 Å². The number of carboxylic acid groups (broad SMARTS) is 1. The molecule has 0 rings (SSSR count). The molecule has 9 heteroatoms. The van der Waals surface area contributed by atoms with Crippen molar-refractivity contribution < 1.29 is 32.8 Å². The lowest BCUT2D eigenvalue weighted by molar-refractivity contribution is -0.192. The summed E-state index contributed by atoms with van der Waals surface area (Å²) in [5.74, 6) is -2.26. The van der Waals surface area contributed by atoms with Crippen molar-refractivity contribution in [2.24, 2.45) is 11.7 Å².